The summed E-state index contributed by atoms with van der Waals surface area (Å²) in [5.41, 5.74) is 0.895. The zero-order chi connectivity index (χ0) is 15.4. The second-order valence-corrected chi connectivity index (χ2v) is 6.45. The van der Waals surface area contributed by atoms with Crippen LogP contribution in [0.3, 0.4) is 0 Å². The Kier molecular flexibility index (Phi) is 4.87. The number of amides is 1. The van der Waals surface area contributed by atoms with Crippen LogP contribution in [0.2, 0.25) is 0 Å². The molecular weight excluding hydrogens is 302 g/mol. The Balaban J connectivity index is 1.53. The van der Waals surface area contributed by atoms with Crippen LogP contribution in [0.4, 0.5) is 0 Å². The molecule has 6 nitrogen and oxygen atoms in total. The first-order valence-corrected chi connectivity index (χ1v) is 8.19. The predicted octanol–water partition coefficient (Wildman–Crippen LogP) is 1.66. The molecular formula is C15H19N3O3S. The number of aromatic amines is 1. The summed E-state index contributed by atoms with van der Waals surface area (Å²) in [5.74, 6) is 0.0554. The van der Waals surface area contributed by atoms with Crippen molar-refractivity contribution < 1.29 is 14.6 Å². The molecule has 0 saturated carbocycles. The second-order valence-electron chi connectivity index (χ2n) is 5.36. The molecule has 2 aromatic heterocycles. The molecule has 1 unspecified atom stereocenters. The first kappa shape index (κ1) is 15.2. The number of aliphatic hydroxyl groups excluding tert-OH is 1. The molecule has 1 saturated heterocycles. The normalized spacial score (nSPS) is 17.3. The highest BCUT2D eigenvalue weighted by Crippen LogP contribution is 2.26. The van der Waals surface area contributed by atoms with Crippen LogP contribution in [0.25, 0.3) is 10.6 Å². The van der Waals surface area contributed by atoms with Gasteiger partial charge < -0.3 is 15.2 Å². The van der Waals surface area contributed by atoms with Crippen molar-refractivity contribution in [2.45, 2.75) is 18.9 Å². The topological polar surface area (TPSA) is 87.2 Å². The molecule has 3 N–H and O–H groups in total. The standard InChI is InChI=1S/C15H19N3O3S/c19-12(10-4-7-21-8-5-10)9-16-15(20)14-2-1-13(22-14)11-3-6-17-18-11/h1-3,6,10,12,19H,4-5,7-9H2,(H,16,20)(H,17,18). The van der Waals surface area contributed by atoms with Gasteiger partial charge in [-0.05, 0) is 37.0 Å². The average molecular weight is 321 g/mol. The third kappa shape index (κ3) is 3.55. The van der Waals surface area contributed by atoms with Crippen LogP contribution in [0.1, 0.15) is 22.5 Å². The number of aliphatic hydroxyl groups is 1. The van der Waals surface area contributed by atoms with E-state index < -0.39 is 6.10 Å². The quantitative estimate of drug-likeness (QED) is 0.781. The van der Waals surface area contributed by atoms with Crippen LogP contribution in [0.15, 0.2) is 24.4 Å². The van der Waals surface area contributed by atoms with E-state index in [4.69, 9.17) is 4.74 Å². The number of hydrogen-bond donors (Lipinski definition) is 3. The van der Waals surface area contributed by atoms with Crippen molar-refractivity contribution >= 4 is 17.2 Å². The van der Waals surface area contributed by atoms with Crippen molar-refractivity contribution in [1.82, 2.24) is 15.5 Å². The van der Waals surface area contributed by atoms with Gasteiger partial charge >= 0.3 is 0 Å². The van der Waals surface area contributed by atoms with Crippen molar-refractivity contribution in [1.29, 1.82) is 0 Å². The number of aromatic nitrogens is 2. The summed E-state index contributed by atoms with van der Waals surface area (Å²) in [5, 5.41) is 19.7. The molecule has 0 aromatic carbocycles. The van der Waals surface area contributed by atoms with E-state index in [0.29, 0.717) is 18.1 Å². The Bertz CT molecular complexity index is 605. The molecule has 3 heterocycles. The number of hydrogen-bond acceptors (Lipinski definition) is 5. The number of thiophene rings is 1. The number of nitrogens with zero attached hydrogens (tertiary/aromatic N) is 1. The van der Waals surface area contributed by atoms with Gasteiger partial charge in [-0.3, -0.25) is 9.89 Å². The Morgan fingerprint density at radius 2 is 2.27 bits per heavy atom. The molecule has 7 heteroatoms. The van der Waals surface area contributed by atoms with E-state index in [2.05, 4.69) is 15.5 Å². The zero-order valence-corrected chi connectivity index (χ0v) is 12.9. The van der Waals surface area contributed by atoms with Gasteiger partial charge in [0, 0.05) is 26.0 Å². The largest absolute Gasteiger partial charge is 0.391 e. The lowest BCUT2D eigenvalue weighted by atomic mass is 9.94. The molecule has 3 rings (SSSR count). The molecule has 1 aliphatic heterocycles. The monoisotopic (exact) mass is 321 g/mol. The van der Waals surface area contributed by atoms with Gasteiger partial charge in [-0.15, -0.1) is 11.3 Å². The SMILES string of the molecule is O=C(NCC(O)C1CCOCC1)c1ccc(-c2ccn[nH]2)s1. The van der Waals surface area contributed by atoms with E-state index in [0.717, 1.165) is 23.4 Å². The lowest BCUT2D eigenvalue weighted by Crippen LogP contribution is -2.38. The highest BCUT2D eigenvalue weighted by molar-refractivity contribution is 7.17. The van der Waals surface area contributed by atoms with Gasteiger partial charge in [0.25, 0.3) is 5.91 Å². The molecule has 1 atom stereocenters. The number of carbonyl (C=O) groups excluding carboxylic acids is 1. The third-order valence-corrected chi connectivity index (χ3v) is 5.00. The maximum Gasteiger partial charge on any atom is 0.261 e. The summed E-state index contributed by atoms with van der Waals surface area (Å²) in [6.07, 6.45) is 2.86. The summed E-state index contributed by atoms with van der Waals surface area (Å²) in [7, 11) is 0. The van der Waals surface area contributed by atoms with Gasteiger partial charge in [0.1, 0.15) is 0 Å². The summed E-state index contributed by atoms with van der Waals surface area (Å²) in [6.45, 7) is 1.66. The molecule has 0 aliphatic carbocycles. The number of nitrogens with one attached hydrogen (secondary N) is 2. The van der Waals surface area contributed by atoms with Crippen molar-refractivity contribution in [2.24, 2.45) is 5.92 Å². The molecule has 22 heavy (non-hydrogen) atoms. The van der Waals surface area contributed by atoms with Crippen LogP contribution >= 0.6 is 11.3 Å². The maximum atomic E-state index is 12.2. The van der Waals surface area contributed by atoms with Gasteiger partial charge in [-0.1, -0.05) is 0 Å². The first-order chi connectivity index (χ1) is 10.7. The van der Waals surface area contributed by atoms with Gasteiger partial charge in [0.15, 0.2) is 0 Å². The van der Waals surface area contributed by atoms with E-state index >= 15 is 0 Å². The van der Waals surface area contributed by atoms with Crippen molar-refractivity contribution in [3.8, 4) is 10.6 Å². The molecule has 1 fully saturated rings. The van der Waals surface area contributed by atoms with Gasteiger partial charge in [-0.25, -0.2) is 0 Å². The summed E-state index contributed by atoms with van der Waals surface area (Å²) >= 11 is 1.40. The lowest BCUT2D eigenvalue weighted by molar-refractivity contribution is 0.00874. The van der Waals surface area contributed by atoms with E-state index in [1.807, 2.05) is 12.1 Å². The fourth-order valence-electron chi connectivity index (χ4n) is 2.55. The molecule has 0 spiro atoms. The minimum Gasteiger partial charge on any atom is -0.391 e. The Labute approximate surface area is 132 Å². The number of carbonyl (C=O) groups is 1. The van der Waals surface area contributed by atoms with E-state index in [1.165, 1.54) is 11.3 Å². The Morgan fingerprint density at radius 3 is 3.00 bits per heavy atom. The lowest BCUT2D eigenvalue weighted by Gasteiger charge is -2.26. The van der Waals surface area contributed by atoms with E-state index in [-0.39, 0.29) is 18.4 Å². The second kappa shape index (κ2) is 7.04. The Hall–Kier alpha value is -1.70. The predicted molar refractivity (Wildman–Crippen MR) is 83.8 cm³/mol. The molecule has 1 aliphatic rings. The summed E-state index contributed by atoms with van der Waals surface area (Å²) in [4.78, 5) is 13.7. The maximum absolute atomic E-state index is 12.2. The van der Waals surface area contributed by atoms with Crippen molar-refractivity contribution in [3.63, 3.8) is 0 Å². The van der Waals surface area contributed by atoms with Gasteiger partial charge in [0.05, 0.1) is 21.6 Å². The molecule has 1 amide bonds. The van der Waals surface area contributed by atoms with Crippen molar-refractivity contribution in [3.05, 3.63) is 29.3 Å². The summed E-state index contributed by atoms with van der Waals surface area (Å²) in [6, 6.07) is 5.54. The van der Waals surface area contributed by atoms with Crippen LogP contribution < -0.4 is 5.32 Å². The number of H-pyrrole nitrogens is 1. The Morgan fingerprint density at radius 1 is 1.45 bits per heavy atom. The van der Waals surface area contributed by atoms with Gasteiger partial charge in [-0.2, -0.15) is 5.10 Å². The van der Waals surface area contributed by atoms with Crippen LogP contribution in [0.5, 0.6) is 0 Å². The fourth-order valence-corrected chi connectivity index (χ4v) is 3.45. The zero-order valence-electron chi connectivity index (χ0n) is 12.1. The fraction of sp³-hybridized carbons (Fsp3) is 0.467. The third-order valence-electron chi connectivity index (χ3n) is 3.88. The number of rotatable bonds is 5. The van der Waals surface area contributed by atoms with Gasteiger partial charge in [0.2, 0.25) is 0 Å². The van der Waals surface area contributed by atoms with Crippen LogP contribution in [-0.4, -0.2) is 47.1 Å². The van der Waals surface area contributed by atoms with Crippen LogP contribution in [0, 0.1) is 5.92 Å². The highest BCUT2D eigenvalue weighted by atomic mass is 32.1. The van der Waals surface area contributed by atoms with E-state index in [1.54, 1.807) is 12.3 Å². The minimum absolute atomic E-state index is 0.151. The smallest absolute Gasteiger partial charge is 0.261 e. The average Bonchev–Trinajstić information content (AvgIpc) is 3.23. The molecule has 2 aromatic rings. The molecule has 118 valence electrons. The van der Waals surface area contributed by atoms with E-state index in [9.17, 15) is 9.90 Å². The molecule has 0 bridgehead atoms. The summed E-state index contributed by atoms with van der Waals surface area (Å²) < 4.78 is 5.28. The minimum atomic E-state index is -0.514. The number of ether oxygens (including phenoxy) is 1. The van der Waals surface area contributed by atoms with Crippen LogP contribution in [-0.2, 0) is 4.74 Å². The first-order valence-electron chi connectivity index (χ1n) is 7.37. The highest BCUT2D eigenvalue weighted by Gasteiger charge is 2.22. The van der Waals surface area contributed by atoms with Crippen molar-refractivity contribution in [2.75, 3.05) is 19.8 Å². The molecule has 0 radical (unpaired) electrons.